The Hall–Kier alpha value is -3.88. The molecule has 38 heavy (non-hydrogen) atoms. The van der Waals surface area contributed by atoms with Crippen LogP contribution in [0.5, 0.6) is 0 Å². The normalized spacial score (nSPS) is 19.7. The molecule has 3 aliphatic rings. The molecule has 1 aliphatic carbocycles. The van der Waals surface area contributed by atoms with Crippen molar-refractivity contribution in [1.29, 1.82) is 0 Å². The maximum atomic E-state index is 14.0. The number of para-hydroxylation sites is 1. The number of oxazole rings is 2. The lowest BCUT2D eigenvalue weighted by Crippen LogP contribution is -2.31. The molecule has 9 nitrogen and oxygen atoms in total. The van der Waals surface area contributed by atoms with Crippen molar-refractivity contribution in [1.82, 2.24) is 19.8 Å². The number of likely N-dealkylation sites (tertiary alicyclic amines) is 2. The number of amides is 2. The van der Waals surface area contributed by atoms with E-state index in [0.717, 1.165) is 68.6 Å². The van der Waals surface area contributed by atoms with Crippen molar-refractivity contribution in [3.63, 3.8) is 0 Å². The first kappa shape index (κ1) is 23.3. The SMILES string of the molecule is CN(C)c1nc2c(C(=O)N3CCCC3c3cc(C(=O)N4CCCC4)cc4oc(C5CC5)nc34)cccc2o1. The maximum absolute atomic E-state index is 14.0. The van der Waals surface area contributed by atoms with E-state index >= 15 is 0 Å². The fourth-order valence-corrected chi connectivity index (χ4v) is 5.85. The third-order valence-electron chi connectivity index (χ3n) is 8.00. The summed E-state index contributed by atoms with van der Waals surface area (Å²) in [4.78, 5) is 42.5. The Bertz CT molecular complexity index is 1560. The molecule has 2 aromatic carbocycles. The number of rotatable bonds is 5. The number of fused-ring (bicyclic) bond motifs is 2. The number of anilines is 1. The molecule has 2 aliphatic heterocycles. The molecule has 0 N–H and O–H groups in total. The Balaban J connectivity index is 1.30. The van der Waals surface area contributed by atoms with E-state index in [2.05, 4.69) is 4.98 Å². The van der Waals surface area contributed by atoms with Gasteiger partial charge in [0.25, 0.3) is 17.8 Å². The van der Waals surface area contributed by atoms with Gasteiger partial charge in [0.1, 0.15) is 11.0 Å². The Morgan fingerprint density at radius 2 is 1.71 bits per heavy atom. The molecule has 196 valence electrons. The van der Waals surface area contributed by atoms with Gasteiger partial charge in [-0.1, -0.05) is 6.07 Å². The molecule has 3 fully saturated rings. The first-order valence-corrected chi connectivity index (χ1v) is 13.6. The van der Waals surface area contributed by atoms with Crippen molar-refractivity contribution in [3.05, 3.63) is 52.9 Å². The van der Waals surface area contributed by atoms with Crippen molar-refractivity contribution >= 4 is 40.0 Å². The number of carbonyl (C=O) groups excluding carboxylic acids is 2. The van der Waals surface area contributed by atoms with Gasteiger partial charge in [0.2, 0.25) is 0 Å². The lowest BCUT2D eigenvalue weighted by atomic mass is 9.99. The number of hydrogen-bond acceptors (Lipinski definition) is 7. The van der Waals surface area contributed by atoms with Gasteiger partial charge >= 0.3 is 0 Å². The number of benzene rings is 2. The zero-order valence-electron chi connectivity index (χ0n) is 21.8. The standard InChI is InChI=1S/C29H31N5O4/c1-32(2)29-31-24-19(7-5-9-22(24)38-29)28(36)34-14-6-8-21(34)20-15-18(27(35)33-12-3-4-13-33)16-23-25(20)30-26(37-23)17-10-11-17/h5,7,9,15-17,21H,3-4,6,8,10-14H2,1-2H3. The maximum Gasteiger partial charge on any atom is 0.297 e. The van der Waals surface area contributed by atoms with Crippen LogP contribution in [-0.2, 0) is 0 Å². The lowest BCUT2D eigenvalue weighted by Gasteiger charge is -2.26. The molecular formula is C29H31N5O4. The molecule has 1 unspecified atom stereocenters. The number of hydrogen-bond donors (Lipinski definition) is 0. The minimum atomic E-state index is -0.205. The first-order chi connectivity index (χ1) is 18.5. The van der Waals surface area contributed by atoms with Gasteiger partial charge in [-0.3, -0.25) is 9.59 Å². The van der Waals surface area contributed by atoms with Crippen molar-refractivity contribution in [2.24, 2.45) is 0 Å². The summed E-state index contributed by atoms with van der Waals surface area (Å²) < 4.78 is 12.0. The van der Waals surface area contributed by atoms with Crippen molar-refractivity contribution in [2.45, 2.75) is 50.5 Å². The molecule has 2 aromatic heterocycles. The predicted molar refractivity (Wildman–Crippen MR) is 142 cm³/mol. The zero-order chi connectivity index (χ0) is 26.0. The van der Waals surface area contributed by atoms with Gasteiger partial charge in [0.05, 0.1) is 11.6 Å². The van der Waals surface area contributed by atoms with Gasteiger partial charge in [0.15, 0.2) is 17.1 Å². The van der Waals surface area contributed by atoms with Gasteiger partial charge in [-0.25, -0.2) is 4.98 Å². The van der Waals surface area contributed by atoms with Crippen LogP contribution in [0.25, 0.3) is 22.2 Å². The van der Waals surface area contributed by atoms with Crippen LogP contribution >= 0.6 is 0 Å². The molecule has 0 radical (unpaired) electrons. The van der Waals surface area contributed by atoms with E-state index in [0.29, 0.717) is 46.3 Å². The molecule has 0 bridgehead atoms. The summed E-state index contributed by atoms with van der Waals surface area (Å²) in [5.41, 5.74) is 4.58. The van der Waals surface area contributed by atoms with E-state index < -0.39 is 0 Å². The van der Waals surface area contributed by atoms with E-state index in [9.17, 15) is 9.59 Å². The van der Waals surface area contributed by atoms with E-state index in [1.807, 2.05) is 54.2 Å². The minimum Gasteiger partial charge on any atom is -0.440 e. The molecule has 7 rings (SSSR count). The average Bonchev–Trinajstić information content (AvgIpc) is 3.39. The lowest BCUT2D eigenvalue weighted by molar-refractivity contribution is 0.0738. The van der Waals surface area contributed by atoms with Crippen LogP contribution in [0.4, 0.5) is 6.01 Å². The summed E-state index contributed by atoms with van der Waals surface area (Å²) in [6, 6.07) is 9.54. The highest BCUT2D eigenvalue weighted by Gasteiger charge is 2.36. The second kappa shape index (κ2) is 8.85. The van der Waals surface area contributed by atoms with E-state index in [1.165, 1.54) is 0 Å². The monoisotopic (exact) mass is 513 g/mol. The van der Waals surface area contributed by atoms with Crippen molar-refractivity contribution in [2.75, 3.05) is 38.6 Å². The minimum absolute atomic E-state index is 0.0227. The number of carbonyl (C=O) groups is 2. The predicted octanol–water partition coefficient (Wildman–Crippen LogP) is 5.13. The summed E-state index contributed by atoms with van der Waals surface area (Å²) in [6.07, 6.45) is 5.88. The highest BCUT2D eigenvalue weighted by atomic mass is 16.4. The second-order valence-electron chi connectivity index (χ2n) is 10.9. The van der Waals surface area contributed by atoms with Gasteiger partial charge < -0.3 is 23.5 Å². The molecule has 9 heteroatoms. The topological polar surface area (TPSA) is 95.9 Å². The number of nitrogens with zero attached hydrogens (tertiary/aromatic N) is 5. The average molecular weight is 514 g/mol. The molecule has 0 spiro atoms. The largest absolute Gasteiger partial charge is 0.440 e. The molecule has 4 aromatic rings. The molecular weight excluding hydrogens is 482 g/mol. The highest BCUT2D eigenvalue weighted by Crippen LogP contribution is 2.43. The fourth-order valence-electron chi connectivity index (χ4n) is 5.85. The van der Waals surface area contributed by atoms with Crippen LogP contribution in [0.15, 0.2) is 39.2 Å². The molecule has 4 heterocycles. The third kappa shape index (κ3) is 3.83. The van der Waals surface area contributed by atoms with Gasteiger partial charge in [-0.15, -0.1) is 0 Å². The summed E-state index contributed by atoms with van der Waals surface area (Å²) in [5, 5.41) is 0. The van der Waals surface area contributed by atoms with Crippen LogP contribution in [0.3, 0.4) is 0 Å². The van der Waals surface area contributed by atoms with Crippen molar-refractivity contribution in [3.8, 4) is 0 Å². The van der Waals surface area contributed by atoms with Crippen LogP contribution in [0.2, 0.25) is 0 Å². The van der Waals surface area contributed by atoms with Crippen molar-refractivity contribution < 1.29 is 18.4 Å². The number of aromatic nitrogens is 2. The zero-order valence-corrected chi connectivity index (χ0v) is 21.8. The van der Waals surface area contributed by atoms with E-state index in [-0.39, 0.29) is 17.9 Å². The van der Waals surface area contributed by atoms with Gasteiger partial charge in [-0.2, -0.15) is 4.98 Å². The quantitative estimate of drug-likeness (QED) is 0.365. The van der Waals surface area contributed by atoms with Gasteiger partial charge in [-0.05, 0) is 62.8 Å². The second-order valence-corrected chi connectivity index (χ2v) is 10.9. The van der Waals surface area contributed by atoms with Crippen LogP contribution in [0.1, 0.15) is 82.7 Å². The summed E-state index contributed by atoms with van der Waals surface area (Å²) in [6.45, 7) is 2.18. The van der Waals surface area contributed by atoms with E-state index in [1.54, 1.807) is 4.90 Å². The summed E-state index contributed by atoms with van der Waals surface area (Å²) >= 11 is 0. The molecule has 2 saturated heterocycles. The Morgan fingerprint density at radius 3 is 2.47 bits per heavy atom. The van der Waals surface area contributed by atoms with Crippen LogP contribution < -0.4 is 4.90 Å². The summed E-state index contributed by atoms with van der Waals surface area (Å²) in [5.74, 6) is 1.03. The Labute approximate surface area is 220 Å². The molecule has 1 atom stereocenters. The Morgan fingerprint density at radius 1 is 0.895 bits per heavy atom. The van der Waals surface area contributed by atoms with Crippen LogP contribution in [-0.4, -0.2) is 65.3 Å². The van der Waals surface area contributed by atoms with Gasteiger partial charge in [0, 0.05) is 50.8 Å². The summed E-state index contributed by atoms with van der Waals surface area (Å²) in [7, 11) is 3.72. The van der Waals surface area contributed by atoms with Crippen LogP contribution in [0, 0.1) is 0 Å². The van der Waals surface area contributed by atoms with E-state index in [4.69, 9.17) is 13.8 Å². The third-order valence-corrected chi connectivity index (χ3v) is 8.00. The first-order valence-electron chi connectivity index (χ1n) is 13.6. The Kier molecular flexibility index (Phi) is 5.42. The molecule has 1 saturated carbocycles. The highest BCUT2D eigenvalue weighted by molar-refractivity contribution is 6.05. The fraction of sp³-hybridized carbons (Fsp3) is 0.448. The molecule has 2 amide bonds. The smallest absolute Gasteiger partial charge is 0.297 e.